The molecule has 1 aromatic rings. The van der Waals surface area contributed by atoms with Gasteiger partial charge in [0.15, 0.2) is 0 Å². The van der Waals surface area contributed by atoms with Crippen LogP contribution in [-0.2, 0) is 29.0 Å². The molecule has 2 amide bonds. The fraction of sp³-hybridized carbons (Fsp3) is 0.385. The van der Waals surface area contributed by atoms with Crippen LogP contribution in [0.4, 0.5) is 0 Å². The second-order valence-corrected chi connectivity index (χ2v) is 4.35. The molecule has 0 saturated carbocycles. The molecule has 17 heavy (non-hydrogen) atoms. The average molecular weight is 232 g/mol. The summed E-state index contributed by atoms with van der Waals surface area (Å²) in [7, 11) is 0. The number of fused-ring (bicyclic) bond motifs is 1. The van der Waals surface area contributed by atoms with Gasteiger partial charge in [-0.3, -0.25) is 9.59 Å². The molecule has 2 N–H and O–H groups in total. The lowest BCUT2D eigenvalue weighted by Crippen LogP contribution is -2.41. The smallest absolute Gasteiger partial charge is 0.237 e. The fourth-order valence-corrected chi connectivity index (χ4v) is 2.12. The Hall–Kier alpha value is -1.84. The zero-order valence-electron chi connectivity index (χ0n) is 9.90. The summed E-state index contributed by atoms with van der Waals surface area (Å²) in [4.78, 5) is 24.2. The monoisotopic (exact) mass is 232 g/mol. The molecule has 1 aliphatic rings. The first-order valence-electron chi connectivity index (χ1n) is 5.77. The Morgan fingerprint density at radius 1 is 1.41 bits per heavy atom. The van der Waals surface area contributed by atoms with Crippen molar-refractivity contribution < 1.29 is 9.59 Å². The molecule has 0 radical (unpaired) electrons. The summed E-state index contributed by atoms with van der Waals surface area (Å²) in [5.41, 5.74) is 8.55. The van der Waals surface area contributed by atoms with Crippen molar-refractivity contribution in [1.82, 2.24) is 4.90 Å². The summed E-state index contributed by atoms with van der Waals surface area (Å²) in [5.74, 6) is -0.489. The van der Waals surface area contributed by atoms with E-state index in [9.17, 15) is 9.59 Å². The molecule has 4 nitrogen and oxygen atoms in total. The average Bonchev–Trinajstić information content (AvgIpc) is 2.29. The van der Waals surface area contributed by atoms with Gasteiger partial charge >= 0.3 is 0 Å². The highest BCUT2D eigenvalue weighted by atomic mass is 16.2. The molecule has 4 heteroatoms. The Balaban J connectivity index is 2.23. The molecule has 1 aliphatic heterocycles. The van der Waals surface area contributed by atoms with E-state index in [1.54, 1.807) is 0 Å². The maximum absolute atomic E-state index is 11.8. The first kappa shape index (κ1) is 11.6. The Morgan fingerprint density at radius 2 is 2.18 bits per heavy atom. The summed E-state index contributed by atoms with van der Waals surface area (Å²) < 4.78 is 0. The second-order valence-electron chi connectivity index (χ2n) is 4.35. The largest absolute Gasteiger partial charge is 0.368 e. The lowest BCUT2D eigenvalue weighted by Gasteiger charge is -2.28. The maximum atomic E-state index is 11.8. The number of rotatable bonds is 3. The summed E-state index contributed by atoms with van der Waals surface area (Å²) in [6, 6.07) is 6.18. The zero-order valence-corrected chi connectivity index (χ0v) is 9.90. The van der Waals surface area contributed by atoms with Gasteiger partial charge in [0.2, 0.25) is 11.8 Å². The van der Waals surface area contributed by atoms with E-state index < -0.39 is 5.91 Å². The minimum atomic E-state index is -0.466. The molecule has 2 rings (SSSR count). The van der Waals surface area contributed by atoms with Crippen LogP contribution in [0.3, 0.4) is 0 Å². The molecule has 1 heterocycles. The number of nitrogens with two attached hydrogens (primary N) is 1. The lowest BCUT2D eigenvalue weighted by atomic mass is 9.96. The molecular formula is C13H16N2O2. The van der Waals surface area contributed by atoms with E-state index in [0.29, 0.717) is 13.0 Å². The zero-order chi connectivity index (χ0) is 12.4. The number of carbonyl (C=O) groups excluding carboxylic acids is 2. The van der Waals surface area contributed by atoms with E-state index in [2.05, 4.69) is 19.1 Å². The quantitative estimate of drug-likeness (QED) is 0.830. The highest BCUT2D eigenvalue weighted by Crippen LogP contribution is 2.21. The summed E-state index contributed by atoms with van der Waals surface area (Å²) >= 11 is 0. The van der Waals surface area contributed by atoms with Crippen molar-refractivity contribution in [2.45, 2.75) is 26.3 Å². The summed E-state index contributed by atoms with van der Waals surface area (Å²) in [6.45, 7) is 2.58. The van der Waals surface area contributed by atoms with E-state index in [1.807, 2.05) is 6.07 Å². The third-order valence-corrected chi connectivity index (χ3v) is 3.08. The number of benzene rings is 1. The molecule has 0 aliphatic carbocycles. The Labute approximate surface area is 100 Å². The van der Waals surface area contributed by atoms with Crippen LogP contribution in [0.1, 0.15) is 23.6 Å². The number of aryl methyl sites for hydroxylation is 1. The van der Waals surface area contributed by atoms with Gasteiger partial charge in [0.25, 0.3) is 0 Å². The third kappa shape index (κ3) is 2.46. The van der Waals surface area contributed by atoms with E-state index in [-0.39, 0.29) is 12.5 Å². The van der Waals surface area contributed by atoms with Gasteiger partial charge in [-0.1, -0.05) is 25.1 Å². The van der Waals surface area contributed by atoms with Crippen molar-refractivity contribution in [2.75, 3.05) is 6.54 Å². The summed E-state index contributed by atoms with van der Waals surface area (Å²) in [6.07, 6.45) is 1.34. The van der Waals surface area contributed by atoms with E-state index >= 15 is 0 Å². The molecule has 0 unspecified atom stereocenters. The minimum Gasteiger partial charge on any atom is -0.368 e. The van der Waals surface area contributed by atoms with Gasteiger partial charge in [0.05, 0.1) is 13.0 Å². The van der Waals surface area contributed by atoms with Gasteiger partial charge in [-0.25, -0.2) is 0 Å². The molecule has 0 atom stereocenters. The number of carbonyl (C=O) groups is 2. The minimum absolute atomic E-state index is 0.00774. The van der Waals surface area contributed by atoms with Crippen molar-refractivity contribution in [3.8, 4) is 0 Å². The van der Waals surface area contributed by atoms with E-state index in [4.69, 9.17) is 5.73 Å². The predicted molar refractivity (Wildman–Crippen MR) is 64.1 cm³/mol. The molecule has 0 aromatic heterocycles. The van der Waals surface area contributed by atoms with E-state index in [0.717, 1.165) is 17.5 Å². The van der Waals surface area contributed by atoms with Gasteiger partial charge in [0.1, 0.15) is 0 Å². The number of hydrogen-bond donors (Lipinski definition) is 1. The lowest BCUT2D eigenvalue weighted by molar-refractivity contribution is -0.135. The topological polar surface area (TPSA) is 63.4 Å². The summed E-state index contributed by atoms with van der Waals surface area (Å²) in [5, 5.41) is 0. The van der Waals surface area contributed by atoms with Crippen LogP contribution in [0, 0.1) is 0 Å². The van der Waals surface area contributed by atoms with Crippen molar-refractivity contribution in [3.63, 3.8) is 0 Å². The van der Waals surface area contributed by atoms with E-state index in [1.165, 1.54) is 10.5 Å². The Kier molecular flexibility index (Phi) is 3.13. The van der Waals surface area contributed by atoms with Crippen LogP contribution >= 0.6 is 0 Å². The Morgan fingerprint density at radius 3 is 2.82 bits per heavy atom. The molecule has 0 bridgehead atoms. The SMILES string of the molecule is CCc1ccc2c(c1)CC(=O)N(CC(N)=O)C2. The van der Waals surface area contributed by atoms with Gasteiger partial charge in [-0.15, -0.1) is 0 Å². The van der Waals surface area contributed by atoms with Gasteiger partial charge < -0.3 is 10.6 Å². The van der Waals surface area contributed by atoms with Crippen LogP contribution in [0.5, 0.6) is 0 Å². The highest BCUT2D eigenvalue weighted by molar-refractivity contribution is 5.86. The standard InChI is InChI=1S/C13H16N2O2/c1-2-9-3-4-10-7-15(8-12(14)16)13(17)6-11(10)5-9/h3-5H,2,6-8H2,1H3,(H2,14,16). The van der Waals surface area contributed by atoms with Crippen LogP contribution in [0.25, 0.3) is 0 Å². The molecule has 0 spiro atoms. The number of primary amides is 1. The first-order chi connectivity index (χ1) is 8.10. The predicted octanol–water partition coefficient (Wildman–Crippen LogP) is 0.619. The number of nitrogens with zero attached hydrogens (tertiary/aromatic N) is 1. The maximum Gasteiger partial charge on any atom is 0.237 e. The first-order valence-corrected chi connectivity index (χ1v) is 5.77. The molecule has 0 fully saturated rings. The van der Waals surface area contributed by atoms with Crippen LogP contribution in [-0.4, -0.2) is 23.3 Å². The van der Waals surface area contributed by atoms with Crippen molar-refractivity contribution in [3.05, 3.63) is 34.9 Å². The highest BCUT2D eigenvalue weighted by Gasteiger charge is 2.23. The third-order valence-electron chi connectivity index (χ3n) is 3.08. The van der Waals surface area contributed by atoms with Crippen LogP contribution < -0.4 is 5.73 Å². The van der Waals surface area contributed by atoms with Crippen LogP contribution in [0.15, 0.2) is 18.2 Å². The number of amides is 2. The normalized spacial score (nSPS) is 14.6. The van der Waals surface area contributed by atoms with Crippen molar-refractivity contribution in [1.29, 1.82) is 0 Å². The van der Waals surface area contributed by atoms with Crippen molar-refractivity contribution >= 4 is 11.8 Å². The number of hydrogen-bond acceptors (Lipinski definition) is 2. The van der Waals surface area contributed by atoms with Gasteiger partial charge in [-0.05, 0) is 23.1 Å². The fourth-order valence-electron chi connectivity index (χ4n) is 2.12. The van der Waals surface area contributed by atoms with Gasteiger partial charge in [0, 0.05) is 6.54 Å². The van der Waals surface area contributed by atoms with Crippen LogP contribution in [0.2, 0.25) is 0 Å². The second kappa shape index (κ2) is 4.57. The molecular weight excluding hydrogens is 216 g/mol. The van der Waals surface area contributed by atoms with Gasteiger partial charge in [-0.2, -0.15) is 0 Å². The van der Waals surface area contributed by atoms with Crippen molar-refractivity contribution in [2.24, 2.45) is 5.73 Å². The molecule has 0 saturated heterocycles. The molecule has 90 valence electrons. The Bertz CT molecular complexity index is 468. The molecule has 1 aromatic carbocycles.